The van der Waals surface area contributed by atoms with Crippen LogP contribution in [-0.4, -0.2) is 25.1 Å². The van der Waals surface area contributed by atoms with Gasteiger partial charge in [0.05, 0.1) is 12.6 Å². The molecule has 3 aromatic carbocycles. The van der Waals surface area contributed by atoms with Crippen LogP contribution in [0.15, 0.2) is 88.9 Å². The van der Waals surface area contributed by atoms with Gasteiger partial charge in [-0.15, -0.1) is 0 Å². The van der Waals surface area contributed by atoms with Crippen LogP contribution in [0, 0.1) is 0 Å². The Balaban J connectivity index is 1.82. The normalized spacial score (nSPS) is 11.5. The number of nitrogens with one attached hydrogen (secondary N) is 1. The first-order valence-corrected chi connectivity index (χ1v) is 9.91. The second-order valence-corrected chi connectivity index (χ2v) is 7.40. The molecule has 0 saturated carbocycles. The van der Waals surface area contributed by atoms with Gasteiger partial charge in [0.15, 0.2) is 0 Å². The summed E-state index contributed by atoms with van der Waals surface area (Å²) in [6.45, 7) is 0. The number of amides is 1. The van der Waals surface area contributed by atoms with Gasteiger partial charge in [-0.3, -0.25) is 9.35 Å². The summed E-state index contributed by atoms with van der Waals surface area (Å²) < 4.78 is 32.9. The van der Waals surface area contributed by atoms with Crippen LogP contribution in [0.25, 0.3) is 11.1 Å². The standard InChI is InChI=1S/C21H18N2O4S/c24-21(14-16-8-2-1-3-9-16)23-22-15-17-10-4-5-11-18(17)19-12-6-7-13-20(19)28(25,26)27/h1-13,15H,14H2,(H,23,24)(H,25,26,27)/b22-15+. The SMILES string of the molecule is O=C(Cc1ccccc1)N/N=C/c1ccccc1-c1ccccc1S(=O)(=O)O. The molecule has 0 aliphatic carbocycles. The summed E-state index contributed by atoms with van der Waals surface area (Å²) in [4.78, 5) is 11.8. The molecule has 0 spiro atoms. The van der Waals surface area contributed by atoms with Gasteiger partial charge in [0.25, 0.3) is 10.1 Å². The van der Waals surface area contributed by atoms with Gasteiger partial charge in [0.2, 0.25) is 5.91 Å². The molecular weight excluding hydrogens is 376 g/mol. The third-order valence-corrected chi connectivity index (χ3v) is 4.93. The van der Waals surface area contributed by atoms with Gasteiger partial charge in [0.1, 0.15) is 4.90 Å². The molecule has 2 N–H and O–H groups in total. The topological polar surface area (TPSA) is 95.8 Å². The van der Waals surface area contributed by atoms with Crippen molar-refractivity contribution in [3.63, 3.8) is 0 Å². The van der Waals surface area contributed by atoms with E-state index in [0.717, 1.165) is 5.56 Å². The van der Waals surface area contributed by atoms with Gasteiger partial charge in [-0.2, -0.15) is 13.5 Å². The quantitative estimate of drug-likeness (QED) is 0.381. The third-order valence-electron chi connectivity index (χ3n) is 4.02. The van der Waals surface area contributed by atoms with Crippen molar-refractivity contribution in [2.75, 3.05) is 0 Å². The zero-order valence-electron chi connectivity index (χ0n) is 14.8. The van der Waals surface area contributed by atoms with E-state index in [-0.39, 0.29) is 17.2 Å². The van der Waals surface area contributed by atoms with Crippen molar-refractivity contribution in [2.24, 2.45) is 5.10 Å². The van der Waals surface area contributed by atoms with Gasteiger partial charge >= 0.3 is 0 Å². The van der Waals surface area contributed by atoms with E-state index in [1.165, 1.54) is 18.3 Å². The Bertz CT molecular complexity index is 1110. The maximum absolute atomic E-state index is 12.0. The first kappa shape index (κ1) is 19.5. The Hall–Kier alpha value is -3.29. The number of hydrazone groups is 1. The van der Waals surface area contributed by atoms with E-state index in [1.54, 1.807) is 36.4 Å². The number of benzene rings is 3. The molecule has 0 atom stereocenters. The lowest BCUT2D eigenvalue weighted by Crippen LogP contribution is -2.19. The maximum atomic E-state index is 12.0. The summed E-state index contributed by atoms with van der Waals surface area (Å²) in [6, 6.07) is 22.4. The molecule has 0 saturated heterocycles. The van der Waals surface area contributed by atoms with Crippen LogP contribution in [0.2, 0.25) is 0 Å². The molecule has 0 heterocycles. The van der Waals surface area contributed by atoms with Gasteiger partial charge in [-0.1, -0.05) is 72.8 Å². The molecule has 0 aromatic heterocycles. The molecule has 0 radical (unpaired) electrons. The second kappa shape index (κ2) is 8.60. The second-order valence-electron chi connectivity index (χ2n) is 6.01. The molecule has 0 aliphatic rings. The van der Waals surface area contributed by atoms with Crippen molar-refractivity contribution >= 4 is 22.2 Å². The van der Waals surface area contributed by atoms with Crippen LogP contribution in [0.4, 0.5) is 0 Å². The van der Waals surface area contributed by atoms with E-state index in [0.29, 0.717) is 16.7 Å². The number of rotatable bonds is 6. The predicted molar refractivity (Wildman–Crippen MR) is 108 cm³/mol. The summed E-state index contributed by atoms with van der Waals surface area (Å²) in [5, 5.41) is 3.98. The summed E-state index contributed by atoms with van der Waals surface area (Å²) in [5.74, 6) is -0.265. The summed E-state index contributed by atoms with van der Waals surface area (Å²) in [7, 11) is -4.38. The number of hydrogen-bond acceptors (Lipinski definition) is 4. The molecule has 0 unspecified atom stereocenters. The van der Waals surface area contributed by atoms with Crippen LogP contribution >= 0.6 is 0 Å². The molecule has 0 bridgehead atoms. The first-order chi connectivity index (χ1) is 13.4. The van der Waals surface area contributed by atoms with E-state index >= 15 is 0 Å². The molecule has 3 rings (SSSR count). The molecule has 28 heavy (non-hydrogen) atoms. The Morgan fingerprint density at radius 1 is 0.893 bits per heavy atom. The van der Waals surface area contributed by atoms with Crippen molar-refractivity contribution in [2.45, 2.75) is 11.3 Å². The summed E-state index contributed by atoms with van der Waals surface area (Å²) >= 11 is 0. The van der Waals surface area contributed by atoms with Crippen molar-refractivity contribution in [3.8, 4) is 11.1 Å². The number of nitrogens with zero attached hydrogens (tertiary/aromatic N) is 1. The predicted octanol–water partition coefficient (Wildman–Crippen LogP) is 3.29. The van der Waals surface area contributed by atoms with Crippen molar-refractivity contribution in [3.05, 3.63) is 90.0 Å². The fraction of sp³-hybridized carbons (Fsp3) is 0.0476. The highest BCUT2D eigenvalue weighted by atomic mass is 32.2. The highest BCUT2D eigenvalue weighted by Crippen LogP contribution is 2.29. The number of hydrogen-bond donors (Lipinski definition) is 2. The zero-order valence-corrected chi connectivity index (χ0v) is 15.6. The van der Waals surface area contributed by atoms with Gasteiger partial charge < -0.3 is 0 Å². The average Bonchev–Trinajstić information content (AvgIpc) is 2.68. The van der Waals surface area contributed by atoms with Crippen LogP contribution in [-0.2, 0) is 21.3 Å². The molecule has 142 valence electrons. The lowest BCUT2D eigenvalue weighted by Gasteiger charge is -2.10. The molecule has 1 amide bonds. The number of carbonyl (C=O) groups excluding carboxylic acids is 1. The summed E-state index contributed by atoms with van der Waals surface area (Å²) in [5.41, 5.74) is 4.85. The van der Waals surface area contributed by atoms with E-state index < -0.39 is 10.1 Å². The van der Waals surface area contributed by atoms with Crippen molar-refractivity contribution in [1.29, 1.82) is 0 Å². The minimum absolute atomic E-state index is 0.191. The van der Waals surface area contributed by atoms with Gasteiger partial charge in [-0.05, 0) is 17.2 Å². The zero-order chi connectivity index (χ0) is 20.0. The molecule has 3 aromatic rings. The van der Waals surface area contributed by atoms with Crippen LogP contribution < -0.4 is 5.43 Å². The third kappa shape index (κ3) is 4.91. The van der Waals surface area contributed by atoms with E-state index in [2.05, 4.69) is 10.5 Å². The highest BCUT2D eigenvalue weighted by molar-refractivity contribution is 7.86. The Morgan fingerprint density at radius 2 is 1.50 bits per heavy atom. The molecule has 0 aliphatic heterocycles. The van der Waals surface area contributed by atoms with Crippen LogP contribution in [0.3, 0.4) is 0 Å². The molecule has 6 nitrogen and oxygen atoms in total. The van der Waals surface area contributed by atoms with Crippen molar-refractivity contribution < 1.29 is 17.8 Å². The molecule has 0 fully saturated rings. The lowest BCUT2D eigenvalue weighted by atomic mass is 10.0. The largest absolute Gasteiger partial charge is 0.295 e. The fourth-order valence-corrected chi connectivity index (χ4v) is 3.47. The minimum atomic E-state index is -4.38. The highest BCUT2D eigenvalue weighted by Gasteiger charge is 2.17. The Kier molecular flexibility index (Phi) is 5.98. The van der Waals surface area contributed by atoms with E-state index in [4.69, 9.17) is 0 Å². The van der Waals surface area contributed by atoms with Crippen LogP contribution in [0.1, 0.15) is 11.1 Å². The number of carbonyl (C=O) groups is 1. The smallest absolute Gasteiger partial charge is 0.282 e. The monoisotopic (exact) mass is 394 g/mol. The van der Waals surface area contributed by atoms with Crippen molar-refractivity contribution in [1.82, 2.24) is 5.43 Å². The molecular formula is C21H18N2O4S. The van der Waals surface area contributed by atoms with Gasteiger partial charge in [-0.25, -0.2) is 5.43 Å². The first-order valence-electron chi connectivity index (χ1n) is 8.47. The fourth-order valence-electron chi connectivity index (χ4n) is 2.76. The average molecular weight is 394 g/mol. The minimum Gasteiger partial charge on any atom is -0.282 e. The maximum Gasteiger partial charge on any atom is 0.295 e. The van der Waals surface area contributed by atoms with Gasteiger partial charge in [0, 0.05) is 11.1 Å². The van der Waals surface area contributed by atoms with E-state index in [1.807, 2.05) is 30.3 Å². The van der Waals surface area contributed by atoms with E-state index in [9.17, 15) is 17.8 Å². The summed E-state index contributed by atoms with van der Waals surface area (Å²) in [6.07, 6.45) is 1.64. The van der Waals surface area contributed by atoms with Crippen LogP contribution in [0.5, 0.6) is 0 Å². The lowest BCUT2D eigenvalue weighted by molar-refractivity contribution is -0.120. The molecule has 7 heteroatoms. The Labute approximate surface area is 163 Å². The Morgan fingerprint density at radius 3 is 2.21 bits per heavy atom.